The summed E-state index contributed by atoms with van der Waals surface area (Å²) in [6, 6.07) is 0. The van der Waals surface area contributed by atoms with Gasteiger partial charge in [-0.1, -0.05) is 20.8 Å². The van der Waals surface area contributed by atoms with Crippen molar-refractivity contribution in [1.29, 1.82) is 0 Å². The predicted octanol–water partition coefficient (Wildman–Crippen LogP) is 1.73. The Bertz CT molecular complexity index is 364. The lowest BCUT2D eigenvalue weighted by molar-refractivity contribution is -0.226. The Hall–Kier alpha value is -0.883. The van der Waals surface area contributed by atoms with Gasteiger partial charge in [0.25, 0.3) is 0 Å². The van der Waals surface area contributed by atoms with E-state index in [9.17, 15) is 9.59 Å². The van der Waals surface area contributed by atoms with E-state index in [0.29, 0.717) is 0 Å². The zero-order valence-corrected chi connectivity index (χ0v) is 14.0. The highest BCUT2D eigenvalue weighted by Crippen LogP contribution is 2.42. The fraction of sp³-hybridized carbons (Fsp3) is 0.846. The van der Waals surface area contributed by atoms with Crippen LogP contribution in [0.15, 0.2) is 0 Å². The van der Waals surface area contributed by atoms with Gasteiger partial charge in [-0.25, -0.2) is 0 Å². The number of likely N-dealkylation sites (tertiary alicyclic amines) is 1. The molecule has 0 aromatic heterocycles. The van der Waals surface area contributed by atoms with Crippen molar-refractivity contribution in [2.75, 3.05) is 0 Å². The van der Waals surface area contributed by atoms with Gasteiger partial charge in [-0.05, 0) is 25.4 Å². The maximum Gasteiger partial charge on any atom is 0.304 e. The van der Waals surface area contributed by atoms with Crippen molar-refractivity contribution in [1.82, 2.24) is 4.90 Å². The van der Waals surface area contributed by atoms with Crippen LogP contribution in [0, 0.1) is 11.3 Å². The maximum absolute atomic E-state index is 12.3. The second-order valence-electron chi connectivity index (χ2n) is 6.37. The molecule has 1 heterocycles. The lowest BCUT2D eigenvalue weighted by atomic mass is 9.73. The van der Waals surface area contributed by atoms with Crippen molar-refractivity contribution in [3.8, 4) is 0 Å². The van der Waals surface area contributed by atoms with Gasteiger partial charge in [0.15, 0.2) is 15.3 Å². The second-order valence-corrected chi connectivity index (χ2v) is 8.74. The van der Waals surface area contributed by atoms with Gasteiger partial charge in [0.2, 0.25) is 5.91 Å². The molecule has 1 aliphatic heterocycles. The molecule has 3 atom stereocenters. The molecule has 5 nitrogen and oxygen atoms in total. The van der Waals surface area contributed by atoms with Crippen molar-refractivity contribution in [2.24, 2.45) is 11.3 Å². The van der Waals surface area contributed by atoms with Crippen LogP contribution in [-0.2, 0) is 18.8 Å². The normalized spacial score (nSPS) is 25.3. The second kappa shape index (κ2) is 5.62. The van der Waals surface area contributed by atoms with Crippen LogP contribution in [0.5, 0.6) is 0 Å². The molecule has 1 aliphatic rings. The van der Waals surface area contributed by atoms with Crippen LogP contribution in [0.25, 0.3) is 0 Å². The minimum Gasteiger partial charge on any atom is -0.441 e. The number of rotatable bonds is 4. The van der Waals surface area contributed by atoms with Gasteiger partial charge in [0.1, 0.15) is 6.23 Å². The topological polar surface area (TPSA) is 55.8 Å². The molecule has 1 rings (SSSR count). The minimum absolute atomic E-state index is 0.000833. The van der Waals surface area contributed by atoms with Gasteiger partial charge in [0.05, 0.1) is 5.92 Å². The summed E-state index contributed by atoms with van der Waals surface area (Å²) in [5.74, 6) is -0.664. The number of hydrogen-bond donors (Lipinski definition) is 0. The van der Waals surface area contributed by atoms with E-state index in [4.69, 9.17) is 9.16 Å². The molecule has 0 radical (unpaired) electrons. The number of esters is 1. The Morgan fingerprint density at radius 1 is 1.37 bits per heavy atom. The molecule has 6 heteroatoms. The zero-order valence-electron chi connectivity index (χ0n) is 12.9. The van der Waals surface area contributed by atoms with Crippen molar-refractivity contribution in [2.45, 2.75) is 60.2 Å². The highest BCUT2D eigenvalue weighted by Gasteiger charge is 2.56. The van der Waals surface area contributed by atoms with E-state index < -0.39 is 15.3 Å². The van der Waals surface area contributed by atoms with Crippen LogP contribution in [0.1, 0.15) is 34.6 Å². The summed E-state index contributed by atoms with van der Waals surface area (Å²) in [7, 11) is -1.25. The first-order valence-corrected chi connectivity index (χ1v) is 9.48. The average molecular weight is 287 g/mol. The third-order valence-electron chi connectivity index (χ3n) is 3.16. The lowest BCUT2D eigenvalue weighted by Crippen LogP contribution is -2.69. The molecule has 0 aromatic rings. The third kappa shape index (κ3) is 3.57. The van der Waals surface area contributed by atoms with Gasteiger partial charge in [-0.3, -0.25) is 14.5 Å². The fourth-order valence-electron chi connectivity index (χ4n) is 2.43. The van der Waals surface area contributed by atoms with Crippen LogP contribution in [-0.4, -0.2) is 38.3 Å². The van der Waals surface area contributed by atoms with E-state index in [2.05, 4.69) is 0 Å². The molecule has 110 valence electrons. The first kappa shape index (κ1) is 16.2. The number of amides is 1. The molecular formula is C13H25NO4Si. The summed E-state index contributed by atoms with van der Waals surface area (Å²) >= 11 is 0. The number of hydrogen-bond acceptors (Lipinski definition) is 4. The van der Waals surface area contributed by atoms with Gasteiger partial charge in [-0.15, -0.1) is 0 Å². The lowest BCUT2D eigenvalue weighted by Gasteiger charge is -2.53. The Labute approximate surface area is 117 Å². The van der Waals surface area contributed by atoms with Gasteiger partial charge in [-0.2, -0.15) is 0 Å². The summed E-state index contributed by atoms with van der Waals surface area (Å²) < 4.78 is 11.1. The summed E-state index contributed by atoms with van der Waals surface area (Å²) in [6.45, 7) is 13.2. The third-order valence-corrected chi connectivity index (χ3v) is 4.10. The fourth-order valence-corrected chi connectivity index (χ4v) is 3.34. The molecule has 1 amide bonds. The van der Waals surface area contributed by atoms with Crippen LogP contribution < -0.4 is 0 Å². The zero-order chi connectivity index (χ0) is 15.0. The Morgan fingerprint density at radius 3 is 2.26 bits per heavy atom. The number of β-lactam (4-membered cyclic amide) rings is 1. The Morgan fingerprint density at radius 2 is 1.89 bits per heavy atom. The molecule has 3 unspecified atom stereocenters. The number of carbonyl (C=O) groups is 2. The highest BCUT2D eigenvalue weighted by atomic mass is 28.3. The van der Waals surface area contributed by atoms with E-state index in [1.165, 1.54) is 6.92 Å². The number of nitrogens with zero attached hydrogens (tertiary/aromatic N) is 1. The highest BCUT2D eigenvalue weighted by molar-refractivity contribution is 6.48. The first-order chi connectivity index (χ1) is 8.55. The number of carbonyl (C=O) groups excluding carboxylic acids is 2. The quantitative estimate of drug-likeness (QED) is 0.449. The molecule has 1 fully saturated rings. The van der Waals surface area contributed by atoms with E-state index in [1.54, 1.807) is 4.90 Å². The van der Waals surface area contributed by atoms with Gasteiger partial charge in [0, 0.05) is 6.92 Å². The molecule has 0 aromatic carbocycles. The van der Waals surface area contributed by atoms with Crippen LogP contribution >= 0.6 is 0 Å². The Balaban J connectivity index is 2.87. The molecule has 0 aliphatic carbocycles. The maximum atomic E-state index is 12.3. The average Bonchev–Trinajstić information content (AvgIpc) is 2.11. The van der Waals surface area contributed by atoms with E-state index in [-0.39, 0.29) is 29.4 Å². The van der Waals surface area contributed by atoms with E-state index in [0.717, 1.165) is 0 Å². The van der Waals surface area contributed by atoms with Gasteiger partial charge < -0.3 is 9.16 Å². The molecule has 0 saturated carbocycles. The largest absolute Gasteiger partial charge is 0.441 e. The molecule has 1 saturated heterocycles. The number of ether oxygens (including phenoxy) is 1. The van der Waals surface area contributed by atoms with Crippen LogP contribution in [0.3, 0.4) is 0 Å². The van der Waals surface area contributed by atoms with Crippen LogP contribution in [0.4, 0.5) is 0 Å². The van der Waals surface area contributed by atoms with Crippen LogP contribution in [0.2, 0.25) is 13.1 Å². The standard InChI is InChI=1S/C13H25NO4Si/c1-8(18-19(6)7)14-11(16)10(13(3,4)5)12(14)17-9(2)15/h8,10,12,19H,1-7H3. The smallest absolute Gasteiger partial charge is 0.304 e. The SMILES string of the molecule is CC(=O)OC1C(C(C)(C)C)C(=O)N1C(C)O[SiH](C)C. The molecule has 19 heavy (non-hydrogen) atoms. The minimum atomic E-state index is -1.25. The van der Waals surface area contributed by atoms with E-state index in [1.807, 2.05) is 40.8 Å². The van der Waals surface area contributed by atoms with Crippen molar-refractivity contribution < 1.29 is 18.8 Å². The summed E-state index contributed by atoms with van der Waals surface area (Å²) in [5.41, 5.74) is -0.233. The van der Waals surface area contributed by atoms with E-state index >= 15 is 0 Å². The Kier molecular flexibility index (Phi) is 4.79. The molecule has 0 spiro atoms. The predicted molar refractivity (Wildman–Crippen MR) is 74.8 cm³/mol. The van der Waals surface area contributed by atoms with Crippen molar-refractivity contribution >= 4 is 20.9 Å². The summed E-state index contributed by atoms with van der Waals surface area (Å²) in [4.78, 5) is 25.1. The molecule has 0 bridgehead atoms. The van der Waals surface area contributed by atoms with Crippen molar-refractivity contribution in [3.63, 3.8) is 0 Å². The summed E-state index contributed by atoms with van der Waals surface area (Å²) in [6.07, 6.45) is -0.838. The molecular weight excluding hydrogens is 262 g/mol. The first-order valence-electron chi connectivity index (χ1n) is 6.70. The monoisotopic (exact) mass is 287 g/mol. The van der Waals surface area contributed by atoms with Gasteiger partial charge >= 0.3 is 5.97 Å². The molecule has 0 N–H and O–H groups in total. The summed E-state index contributed by atoms with van der Waals surface area (Å²) in [5, 5.41) is 0. The van der Waals surface area contributed by atoms with Crippen molar-refractivity contribution in [3.05, 3.63) is 0 Å².